The van der Waals surface area contributed by atoms with Crippen molar-refractivity contribution in [1.82, 2.24) is 9.71 Å². The molecule has 0 aliphatic rings. The quantitative estimate of drug-likeness (QED) is 0.293. The Labute approximate surface area is 191 Å². The number of nitrogen functional groups attached to an aromatic ring is 1. The fraction of sp³-hybridized carbons (Fsp3) is 0.304. The van der Waals surface area contributed by atoms with Gasteiger partial charge in [0.15, 0.2) is 0 Å². The lowest BCUT2D eigenvalue weighted by atomic mass is 10.1. The lowest BCUT2D eigenvalue weighted by Crippen LogP contribution is -2.29. The van der Waals surface area contributed by atoms with Gasteiger partial charge in [-0.25, -0.2) is 9.78 Å². The van der Waals surface area contributed by atoms with Gasteiger partial charge in [-0.05, 0) is 82.5 Å². The van der Waals surface area contributed by atoms with E-state index in [1.807, 2.05) is 62.5 Å². The topological polar surface area (TPSA) is 89.3 Å². The van der Waals surface area contributed by atoms with Crippen molar-refractivity contribution in [2.75, 3.05) is 11.1 Å². The van der Waals surface area contributed by atoms with Crippen LogP contribution >= 0.6 is 23.3 Å². The highest BCUT2D eigenvalue weighted by atomic mass is 32.2. The predicted molar refractivity (Wildman–Crippen MR) is 131 cm³/mol. The molecule has 3 aromatic rings. The SMILES string of the molecule is CC(C)OC(=O)Nc1ccc(-c2ncc(-c3ccc(N)cc3)s2)c(SNC(C)(C)C)c1. The van der Waals surface area contributed by atoms with E-state index in [9.17, 15) is 4.79 Å². The minimum atomic E-state index is -0.470. The van der Waals surface area contributed by atoms with Gasteiger partial charge in [0.25, 0.3) is 0 Å². The van der Waals surface area contributed by atoms with E-state index in [0.717, 1.165) is 31.6 Å². The molecule has 8 heteroatoms. The summed E-state index contributed by atoms with van der Waals surface area (Å²) in [5.74, 6) is 0. The van der Waals surface area contributed by atoms with E-state index in [1.165, 1.54) is 11.9 Å². The molecule has 2 aromatic carbocycles. The average molecular weight is 457 g/mol. The summed E-state index contributed by atoms with van der Waals surface area (Å²) in [7, 11) is 0. The van der Waals surface area contributed by atoms with Gasteiger partial charge in [0.05, 0.1) is 11.0 Å². The number of amides is 1. The zero-order valence-corrected chi connectivity index (χ0v) is 20.0. The highest BCUT2D eigenvalue weighted by Crippen LogP contribution is 2.38. The number of ether oxygens (including phenoxy) is 1. The number of nitrogens with two attached hydrogens (primary N) is 1. The van der Waals surface area contributed by atoms with Gasteiger partial charge in [0, 0.05) is 33.6 Å². The molecule has 1 aromatic heterocycles. The molecule has 0 radical (unpaired) electrons. The molecule has 4 N–H and O–H groups in total. The Bertz CT molecular complexity index is 1040. The maximum absolute atomic E-state index is 12.0. The lowest BCUT2D eigenvalue weighted by molar-refractivity contribution is 0.130. The third-order valence-corrected chi connectivity index (χ3v) is 6.32. The lowest BCUT2D eigenvalue weighted by Gasteiger charge is -2.20. The molecule has 1 amide bonds. The van der Waals surface area contributed by atoms with Gasteiger partial charge in [-0.15, -0.1) is 11.3 Å². The number of hydrogen-bond acceptors (Lipinski definition) is 7. The number of nitrogens with zero attached hydrogens (tertiary/aromatic N) is 1. The molecule has 0 bridgehead atoms. The number of benzene rings is 2. The third kappa shape index (κ3) is 6.72. The summed E-state index contributed by atoms with van der Waals surface area (Å²) in [6.45, 7) is 9.94. The molecule has 31 heavy (non-hydrogen) atoms. The molecular weight excluding hydrogens is 428 g/mol. The zero-order chi connectivity index (χ0) is 22.6. The van der Waals surface area contributed by atoms with Crippen LogP contribution in [0, 0.1) is 0 Å². The average Bonchev–Trinajstić information content (AvgIpc) is 3.15. The third-order valence-electron chi connectivity index (χ3n) is 3.97. The van der Waals surface area contributed by atoms with E-state index in [1.54, 1.807) is 11.3 Å². The highest BCUT2D eigenvalue weighted by Gasteiger charge is 2.16. The minimum absolute atomic E-state index is 0.0834. The monoisotopic (exact) mass is 456 g/mol. The van der Waals surface area contributed by atoms with Crippen molar-refractivity contribution < 1.29 is 9.53 Å². The second kappa shape index (κ2) is 9.72. The maximum Gasteiger partial charge on any atom is 0.411 e. The molecule has 3 rings (SSSR count). The molecule has 164 valence electrons. The first-order valence-corrected chi connectivity index (χ1v) is 11.6. The summed E-state index contributed by atoms with van der Waals surface area (Å²) in [6, 6.07) is 13.5. The van der Waals surface area contributed by atoms with Gasteiger partial charge in [-0.2, -0.15) is 0 Å². The van der Waals surface area contributed by atoms with E-state index < -0.39 is 6.09 Å². The van der Waals surface area contributed by atoms with Crippen LogP contribution in [0.4, 0.5) is 16.2 Å². The Morgan fingerprint density at radius 3 is 2.52 bits per heavy atom. The number of aromatic nitrogens is 1. The van der Waals surface area contributed by atoms with Gasteiger partial charge >= 0.3 is 6.09 Å². The normalized spacial score (nSPS) is 11.5. The number of rotatable bonds is 6. The Balaban J connectivity index is 1.91. The summed E-state index contributed by atoms with van der Waals surface area (Å²) >= 11 is 3.13. The predicted octanol–water partition coefficient (Wildman–Crippen LogP) is 6.41. The summed E-state index contributed by atoms with van der Waals surface area (Å²) < 4.78 is 8.63. The van der Waals surface area contributed by atoms with Crippen LogP contribution in [0.2, 0.25) is 0 Å². The van der Waals surface area contributed by atoms with Crippen molar-refractivity contribution in [3.05, 3.63) is 48.7 Å². The van der Waals surface area contributed by atoms with E-state index in [2.05, 4.69) is 35.8 Å². The molecule has 0 spiro atoms. The fourth-order valence-electron chi connectivity index (χ4n) is 2.61. The molecular formula is C23H28N4O2S2. The second-order valence-electron chi connectivity index (χ2n) is 8.40. The zero-order valence-electron chi connectivity index (χ0n) is 18.4. The minimum Gasteiger partial charge on any atom is -0.447 e. The van der Waals surface area contributed by atoms with Crippen molar-refractivity contribution in [3.63, 3.8) is 0 Å². The molecule has 0 unspecified atom stereocenters. The Morgan fingerprint density at radius 1 is 1.16 bits per heavy atom. The van der Waals surface area contributed by atoms with Gasteiger partial charge in [0.1, 0.15) is 5.01 Å². The van der Waals surface area contributed by atoms with Crippen LogP contribution < -0.4 is 15.8 Å². The summed E-state index contributed by atoms with van der Waals surface area (Å²) in [6.07, 6.45) is 1.23. The largest absolute Gasteiger partial charge is 0.447 e. The first-order valence-electron chi connectivity index (χ1n) is 9.98. The number of thiazole rings is 1. The number of anilines is 2. The second-order valence-corrected chi connectivity index (χ2v) is 10.3. The molecule has 0 fully saturated rings. The van der Waals surface area contributed by atoms with Gasteiger partial charge in [-0.3, -0.25) is 10.0 Å². The van der Waals surface area contributed by atoms with E-state index in [0.29, 0.717) is 5.69 Å². The Hall–Kier alpha value is -2.55. The number of carbonyl (C=O) groups is 1. The summed E-state index contributed by atoms with van der Waals surface area (Å²) in [5, 5.41) is 3.70. The molecule has 0 saturated carbocycles. The molecule has 1 heterocycles. The first-order chi connectivity index (χ1) is 14.6. The van der Waals surface area contributed by atoms with Crippen molar-refractivity contribution in [2.24, 2.45) is 0 Å². The van der Waals surface area contributed by atoms with Crippen molar-refractivity contribution in [3.8, 4) is 21.0 Å². The highest BCUT2D eigenvalue weighted by molar-refractivity contribution is 7.97. The first kappa shape index (κ1) is 23.1. The molecule has 0 aliphatic carbocycles. The Morgan fingerprint density at radius 2 is 1.87 bits per heavy atom. The van der Waals surface area contributed by atoms with Crippen LogP contribution in [-0.4, -0.2) is 22.7 Å². The van der Waals surface area contributed by atoms with Gasteiger partial charge < -0.3 is 10.5 Å². The number of hydrogen-bond donors (Lipinski definition) is 3. The van der Waals surface area contributed by atoms with E-state index in [-0.39, 0.29) is 11.6 Å². The number of nitrogens with one attached hydrogen (secondary N) is 2. The van der Waals surface area contributed by atoms with E-state index >= 15 is 0 Å². The van der Waals surface area contributed by atoms with Gasteiger partial charge in [-0.1, -0.05) is 12.1 Å². The van der Waals surface area contributed by atoms with Crippen LogP contribution in [0.5, 0.6) is 0 Å². The van der Waals surface area contributed by atoms with Gasteiger partial charge in [0.2, 0.25) is 0 Å². The van der Waals surface area contributed by atoms with E-state index in [4.69, 9.17) is 10.5 Å². The Kier molecular flexibility index (Phi) is 7.25. The fourth-order valence-corrected chi connectivity index (χ4v) is 4.51. The van der Waals surface area contributed by atoms with Crippen LogP contribution in [0.25, 0.3) is 21.0 Å². The molecule has 0 aliphatic heterocycles. The standard InChI is InChI=1S/C23H28N4O2S2/c1-14(2)29-22(28)26-17-10-11-18(19(12-17)31-27-23(3,4)5)21-25-13-20(30-21)15-6-8-16(24)9-7-15/h6-14,27H,24H2,1-5H3,(H,26,28). The smallest absolute Gasteiger partial charge is 0.411 e. The number of carbonyl (C=O) groups excluding carboxylic acids is 1. The molecule has 6 nitrogen and oxygen atoms in total. The van der Waals surface area contributed by atoms with Crippen molar-refractivity contribution in [1.29, 1.82) is 0 Å². The summed E-state index contributed by atoms with van der Waals surface area (Å²) in [4.78, 5) is 18.7. The van der Waals surface area contributed by atoms with Crippen molar-refractivity contribution in [2.45, 2.75) is 51.2 Å². The summed E-state index contributed by atoms with van der Waals surface area (Å²) in [5.41, 5.74) is 9.20. The van der Waals surface area contributed by atoms with Crippen LogP contribution in [0.1, 0.15) is 34.6 Å². The van der Waals surface area contributed by atoms with Crippen LogP contribution in [0.3, 0.4) is 0 Å². The molecule has 0 saturated heterocycles. The van der Waals surface area contributed by atoms with Crippen LogP contribution in [-0.2, 0) is 4.74 Å². The van der Waals surface area contributed by atoms with Crippen LogP contribution in [0.15, 0.2) is 53.6 Å². The molecule has 0 atom stereocenters. The maximum atomic E-state index is 12.0. The van der Waals surface area contributed by atoms with Crippen molar-refractivity contribution >= 4 is 40.8 Å².